The van der Waals surface area contributed by atoms with Crippen molar-refractivity contribution >= 4 is 27.5 Å². The Kier molecular flexibility index (Phi) is 3.76. The van der Waals surface area contributed by atoms with Crippen molar-refractivity contribution in [1.82, 2.24) is 0 Å². The van der Waals surface area contributed by atoms with E-state index in [1.807, 2.05) is 43.3 Å². The number of hydrogen-bond acceptors (Lipinski definition) is 2. The van der Waals surface area contributed by atoms with Crippen LogP contribution in [0.1, 0.15) is 35.3 Å². The largest absolute Gasteiger partial charge is 0.485 e. The number of aliphatic hydroxyl groups is 1. The number of halogens is 2. The Morgan fingerprint density at radius 3 is 2.80 bits per heavy atom. The second-order valence-corrected chi connectivity index (χ2v) is 6.33. The number of benzene rings is 2. The summed E-state index contributed by atoms with van der Waals surface area (Å²) in [7, 11) is 0. The lowest BCUT2D eigenvalue weighted by molar-refractivity contribution is 0.0656. The van der Waals surface area contributed by atoms with Gasteiger partial charge in [0.1, 0.15) is 11.9 Å². The van der Waals surface area contributed by atoms with Crippen molar-refractivity contribution in [1.29, 1.82) is 0 Å². The lowest BCUT2D eigenvalue weighted by Crippen LogP contribution is -2.19. The van der Waals surface area contributed by atoms with Crippen LogP contribution in [0.3, 0.4) is 0 Å². The van der Waals surface area contributed by atoms with E-state index in [-0.39, 0.29) is 6.10 Å². The van der Waals surface area contributed by atoms with Crippen molar-refractivity contribution in [2.75, 3.05) is 0 Å². The van der Waals surface area contributed by atoms with Crippen LogP contribution in [0.5, 0.6) is 5.75 Å². The molecule has 0 radical (unpaired) electrons. The third kappa shape index (κ3) is 2.58. The number of aliphatic hydroxyl groups excluding tert-OH is 1. The monoisotopic (exact) mass is 352 g/mol. The van der Waals surface area contributed by atoms with E-state index in [0.717, 1.165) is 26.9 Å². The maximum absolute atomic E-state index is 10.3. The molecule has 3 rings (SSSR count). The average molecular weight is 354 g/mol. The molecule has 4 heteroatoms. The van der Waals surface area contributed by atoms with Gasteiger partial charge < -0.3 is 9.84 Å². The molecule has 0 saturated carbocycles. The number of aryl methyl sites for hydroxylation is 1. The number of hydrogen-bond donors (Lipinski definition) is 1. The molecule has 0 spiro atoms. The minimum absolute atomic E-state index is 0.159. The number of rotatable bonds is 1. The second kappa shape index (κ2) is 5.40. The summed E-state index contributed by atoms with van der Waals surface area (Å²) in [6.45, 7) is 2.01. The van der Waals surface area contributed by atoms with Crippen molar-refractivity contribution < 1.29 is 9.84 Å². The minimum Gasteiger partial charge on any atom is -0.485 e. The van der Waals surface area contributed by atoms with Crippen LogP contribution < -0.4 is 4.74 Å². The summed E-state index contributed by atoms with van der Waals surface area (Å²) in [6.07, 6.45) is -0.114. The molecule has 1 N–H and O–H groups in total. The van der Waals surface area contributed by atoms with Gasteiger partial charge in [-0.05, 0) is 52.7 Å². The van der Waals surface area contributed by atoms with Gasteiger partial charge in [-0.2, -0.15) is 0 Å². The highest BCUT2D eigenvalue weighted by atomic mass is 79.9. The Morgan fingerprint density at radius 2 is 2.05 bits per heavy atom. The van der Waals surface area contributed by atoms with Gasteiger partial charge in [-0.1, -0.05) is 29.3 Å². The molecule has 0 amide bonds. The lowest BCUT2D eigenvalue weighted by Gasteiger charge is -2.30. The average Bonchev–Trinajstić information content (AvgIpc) is 2.42. The van der Waals surface area contributed by atoms with Crippen LogP contribution in [-0.4, -0.2) is 5.11 Å². The van der Waals surface area contributed by atoms with E-state index in [0.29, 0.717) is 11.4 Å². The molecule has 0 fully saturated rings. The Labute approximate surface area is 131 Å². The molecule has 2 nitrogen and oxygen atoms in total. The maximum atomic E-state index is 10.3. The summed E-state index contributed by atoms with van der Waals surface area (Å²) in [5.74, 6) is 0.755. The summed E-state index contributed by atoms with van der Waals surface area (Å²) >= 11 is 9.43. The molecule has 1 unspecified atom stereocenters. The van der Waals surface area contributed by atoms with Gasteiger partial charge in [-0.15, -0.1) is 0 Å². The van der Waals surface area contributed by atoms with E-state index in [4.69, 9.17) is 16.3 Å². The predicted molar refractivity (Wildman–Crippen MR) is 83.3 cm³/mol. The van der Waals surface area contributed by atoms with Crippen LogP contribution in [0.15, 0.2) is 40.9 Å². The molecule has 1 aliphatic heterocycles. The third-order valence-electron chi connectivity index (χ3n) is 3.55. The molecule has 0 aliphatic carbocycles. The highest BCUT2D eigenvalue weighted by Gasteiger charge is 2.28. The Bertz CT molecular complexity index is 657. The molecule has 0 saturated heterocycles. The van der Waals surface area contributed by atoms with Crippen LogP contribution in [0.4, 0.5) is 0 Å². The van der Waals surface area contributed by atoms with Gasteiger partial charge >= 0.3 is 0 Å². The standard InChI is InChI=1S/C16H14BrClO2/c1-9-2-5-15-11(6-9)14(19)8-16(20-15)10-3-4-13(18)12(17)7-10/h2-7,14,16,19H,8H2,1H3/t14-,16?/m0/s1. The predicted octanol–water partition coefficient (Wildman–Crippen LogP) is 4.97. The highest BCUT2D eigenvalue weighted by molar-refractivity contribution is 9.10. The van der Waals surface area contributed by atoms with E-state index in [1.165, 1.54) is 0 Å². The van der Waals surface area contributed by atoms with E-state index in [1.54, 1.807) is 0 Å². The van der Waals surface area contributed by atoms with Crippen LogP contribution in [0.2, 0.25) is 5.02 Å². The molecule has 20 heavy (non-hydrogen) atoms. The first-order valence-electron chi connectivity index (χ1n) is 6.45. The first kappa shape index (κ1) is 13.9. The first-order chi connectivity index (χ1) is 9.54. The number of ether oxygens (including phenoxy) is 1. The molecule has 2 aromatic carbocycles. The van der Waals surface area contributed by atoms with Gasteiger partial charge in [-0.3, -0.25) is 0 Å². The van der Waals surface area contributed by atoms with Gasteiger partial charge in [0, 0.05) is 16.5 Å². The van der Waals surface area contributed by atoms with Crippen LogP contribution >= 0.6 is 27.5 Å². The topological polar surface area (TPSA) is 29.5 Å². The first-order valence-corrected chi connectivity index (χ1v) is 7.62. The minimum atomic E-state index is -0.502. The van der Waals surface area contributed by atoms with Crippen LogP contribution in [0, 0.1) is 6.92 Å². The van der Waals surface area contributed by atoms with Gasteiger partial charge in [0.05, 0.1) is 11.1 Å². The van der Waals surface area contributed by atoms with Crippen molar-refractivity contribution in [3.8, 4) is 5.75 Å². The fourth-order valence-electron chi connectivity index (χ4n) is 2.48. The van der Waals surface area contributed by atoms with Crippen LogP contribution in [-0.2, 0) is 0 Å². The molecular formula is C16H14BrClO2. The van der Waals surface area contributed by atoms with Gasteiger partial charge in [0.25, 0.3) is 0 Å². The summed E-state index contributed by atoms with van der Waals surface area (Å²) < 4.78 is 6.85. The van der Waals surface area contributed by atoms with Gasteiger partial charge in [0.15, 0.2) is 0 Å². The summed E-state index contributed by atoms with van der Waals surface area (Å²) in [4.78, 5) is 0. The van der Waals surface area contributed by atoms with Gasteiger partial charge in [0.2, 0.25) is 0 Å². The smallest absolute Gasteiger partial charge is 0.127 e. The van der Waals surface area contributed by atoms with Crippen molar-refractivity contribution in [3.63, 3.8) is 0 Å². The zero-order chi connectivity index (χ0) is 14.3. The van der Waals surface area contributed by atoms with E-state index in [2.05, 4.69) is 15.9 Å². The van der Waals surface area contributed by atoms with Crippen LogP contribution in [0.25, 0.3) is 0 Å². The lowest BCUT2D eigenvalue weighted by atomic mass is 9.94. The molecule has 0 aromatic heterocycles. The molecule has 2 atom stereocenters. The Balaban J connectivity index is 1.94. The molecule has 0 bridgehead atoms. The van der Waals surface area contributed by atoms with Crippen molar-refractivity contribution in [2.24, 2.45) is 0 Å². The summed E-state index contributed by atoms with van der Waals surface area (Å²) in [5.41, 5.74) is 3.00. The van der Waals surface area contributed by atoms with Gasteiger partial charge in [-0.25, -0.2) is 0 Å². The molecule has 2 aromatic rings. The molecule has 1 heterocycles. The zero-order valence-electron chi connectivity index (χ0n) is 10.9. The van der Waals surface area contributed by atoms with E-state index >= 15 is 0 Å². The second-order valence-electron chi connectivity index (χ2n) is 5.07. The van der Waals surface area contributed by atoms with E-state index < -0.39 is 6.10 Å². The van der Waals surface area contributed by atoms with Crippen molar-refractivity contribution in [3.05, 3.63) is 62.6 Å². The maximum Gasteiger partial charge on any atom is 0.127 e. The third-order valence-corrected chi connectivity index (χ3v) is 4.76. The van der Waals surface area contributed by atoms with Crippen molar-refractivity contribution in [2.45, 2.75) is 25.6 Å². The fourth-order valence-corrected chi connectivity index (χ4v) is 3.00. The molecule has 104 valence electrons. The summed E-state index contributed by atoms with van der Waals surface area (Å²) in [6, 6.07) is 11.6. The fraction of sp³-hybridized carbons (Fsp3) is 0.250. The Morgan fingerprint density at radius 1 is 1.25 bits per heavy atom. The quantitative estimate of drug-likeness (QED) is 0.784. The zero-order valence-corrected chi connectivity index (χ0v) is 13.3. The normalized spacial score (nSPS) is 21.2. The SMILES string of the molecule is Cc1ccc2c(c1)[C@@H](O)CC(c1ccc(Cl)c(Br)c1)O2. The molecule has 1 aliphatic rings. The summed E-state index contributed by atoms with van der Waals surface area (Å²) in [5, 5.41) is 11.0. The Hall–Kier alpha value is -1.03. The number of fused-ring (bicyclic) bond motifs is 1. The molecular weight excluding hydrogens is 340 g/mol. The van der Waals surface area contributed by atoms with E-state index in [9.17, 15) is 5.11 Å². The highest BCUT2D eigenvalue weighted by Crippen LogP contribution is 2.41.